The van der Waals surface area contributed by atoms with E-state index in [2.05, 4.69) is 18.8 Å². The van der Waals surface area contributed by atoms with Gasteiger partial charge in [0.05, 0.1) is 0 Å². The minimum atomic E-state index is -0.442. The van der Waals surface area contributed by atoms with E-state index in [1.165, 1.54) is 0 Å². The molecule has 0 saturated heterocycles. The molecule has 0 radical (unpaired) electrons. The number of esters is 1. The summed E-state index contributed by atoms with van der Waals surface area (Å²) >= 11 is 0. The van der Waals surface area contributed by atoms with Crippen molar-refractivity contribution in [3.8, 4) is 0 Å². The first kappa shape index (κ1) is 10.9. The summed E-state index contributed by atoms with van der Waals surface area (Å²) in [4.78, 5) is 15.9. The van der Waals surface area contributed by atoms with Crippen LogP contribution < -0.4 is 0 Å². The molecule has 84 valence electrons. The van der Waals surface area contributed by atoms with Crippen molar-refractivity contribution in [3.05, 3.63) is 35.9 Å². The highest BCUT2D eigenvalue weighted by Crippen LogP contribution is 2.25. The molecule has 3 heteroatoms. The number of cyclic esters (lactones) is 1. The van der Waals surface area contributed by atoms with Crippen LogP contribution in [0.2, 0.25) is 0 Å². The van der Waals surface area contributed by atoms with E-state index in [-0.39, 0.29) is 5.97 Å². The summed E-state index contributed by atoms with van der Waals surface area (Å²) < 4.78 is 5.22. The number of hydrogen-bond acceptors (Lipinski definition) is 3. The Labute approximate surface area is 95.2 Å². The largest absolute Gasteiger partial charge is 0.431 e. The number of ether oxygens (including phenoxy) is 1. The van der Waals surface area contributed by atoms with Crippen LogP contribution >= 0.6 is 0 Å². The number of rotatable bonds is 3. The first-order valence-electron chi connectivity index (χ1n) is 5.49. The summed E-state index contributed by atoms with van der Waals surface area (Å²) in [5.74, 6) is 0.142. The van der Waals surface area contributed by atoms with E-state index in [0.29, 0.717) is 18.1 Å². The Morgan fingerprint density at radius 3 is 2.62 bits per heavy atom. The molecule has 0 amide bonds. The Morgan fingerprint density at radius 1 is 1.31 bits per heavy atom. The van der Waals surface area contributed by atoms with Gasteiger partial charge in [0.1, 0.15) is 5.71 Å². The van der Waals surface area contributed by atoms with Crippen LogP contribution in [0.1, 0.15) is 32.1 Å². The highest BCUT2D eigenvalue weighted by Gasteiger charge is 2.28. The van der Waals surface area contributed by atoms with Gasteiger partial charge in [-0.1, -0.05) is 44.2 Å². The SMILES string of the molecule is CC(C)CC1=NC(c2ccccc2)OC1=O. The van der Waals surface area contributed by atoms with E-state index in [0.717, 1.165) is 5.56 Å². The summed E-state index contributed by atoms with van der Waals surface area (Å²) in [5.41, 5.74) is 1.48. The van der Waals surface area contributed by atoms with Gasteiger partial charge in [0.25, 0.3) is 0 Å². The van der Waals surface area contributed by atoms with E-state index in [1.54, 1.807) is 0 Å². The van der Waals surface area contributed by atoms with Crippen LogP contribution in [0.15, 0.2) is 35.3 Å². The second kappa shape index (κ2) is 4.47. The first-order valence-corrected chi connectivity index (χ1v) is 5.49. The normalized spacial score (nSPS) is 19.8. The number of benzene rings is 1. The Morgan fingerprint density at radius 2 is 2.00 bits per heavy atom. The molecule has 0 fully saturated rings. The summed E-state index contributed by atoms with van der Waals surface area (Å²) in [5, 5.41) is 0. The lowest BCUT2D eigenvalue weighted by Crippen LogP contribution is -2.12. The fraction of sp³-hybridized carbons (Fsp3) is 0.385. The molecule has 2 rings (SSSR count). The number of carbonyl (C=O) groups excluding carboxylic acids is 1. The molecular weight excluding hydrogens is 202 g/mol. The quantitative estimate of drug-likeness (QED) is 0.730. The molecule has 0 N–H and O–H groups in total. The Kier molecular flexibility index (Phi) is 3.04. The van der Waals surface area contributed by atoms with Gasteiger partial charge in [-0.15, -0.1) is 0 Å². The van der Waals surface area contributed by atoms with Crippen molar-refractivity contribution in [2.75, 3.05) is 0 Å². The average molecular weight is 217 g/mol. The molecule has 0 saturated carbocycles. The van der Waals surface area contributed by atoms with Crippen LogP contribution in [0, 0.1) is 5.92 Å². The van der Waals surface area contributed by atoms with Crippen molar-refractivity contribution in [1.29, 1.82) is 0 Å². The molecular formula is C13H15NO2. The van der Waals surface area contributed by atoms with E-state index >= 15 is 0 Å². The van der Waals surface area contributed by atoms with Gasteiger partial charge in [-0.05, 0) is 12.3 Å². The molecule has 0 spiro atoms. The van der Waals surface area contributed by atoms with Crippen LogP contribution in [0.4, 0.5) is 0 Å². The topological polar surface area (TPSA) is 38.7 Å². The maximum atomic E-state index is 11.5. The zero-order chi connectivity index (χ0) is 11.5. The molecule has 0 aliphatic carbocycles. The number of nitrogens with zero attached hydrogens (tertiary/aromatic N) is 1. The molecule has 1 aliphatic heterocycles. The summed E-state index contributed by atoms with van der Waals surface area (Å²) in [7, 11) is 0. The average Bonchev–Trinajstić information content (AvgIpc) is 2.61. The van der Waals surface area contributed by atoms with Crippen LogP contribution in [-0.4, -0.2) is 11.7 Å². The van der Waals surface area contributed by atoms with Crippen LogP contribution in [-0.2, 0) is 9.53 Å². The third kappa shape index (κ3) is 2.30. The second-order valence-electron chi connectivity index (χ2n) is 4.34. The summed E-state index contributed by atoms with van der Waals surface area (Å²) in [6.07, 6.45) is 0.241. The molecule has 3 nitrogen and oxygen atoms in total. The molecule has 16 heavy (non-hydrogen) atoms. The minimum absolute atomic E-state index is 0.275. The first-order chi connectivity index (χ1) is 7.66. The minimum Gasteiger partial charge on any atom is -0.431 e. The zero-order valence-corrected chi connectivity index (χ0v) is 9.51. The predicted octanol–water partition coefficient (Wildman–Crippen LogP) is 2.73. The van der Waals surface area contributed by atoms with E-state index in [4.69, 9.17) is 4.74 Å². The molecule has 1 heterocycles. The monoisotopic (exact) mass is 217 g/mol. The van der Waals surface area contributed by atoms with Gasteiger partial charge in [0.15, 0.2) is 0 Å². The molecule has 1 unspecified atom stereocenters. The molecule has 0 bridgehead atoms. The van der Waals surface area contributed by atoms with Gasteiger partial charge in [-0.25, -0.2) is 9.79 Å². The fourth-order valence-electron chi connectivity index (χ4n) is 1.67. The molecule has 1 atom stereocenters. The summed E-state index contributed by atoms with van der Waals surface area (Å²) in [6.45, 7) is 4.12. The van der Waals surface area contributed by atoms with Crippen molar-refractivity contribution in [2.45, 2.75) is 26.5 Å². The van der Waals surface area contributed by atoms with Crippen LogP contribution in [0.25, 0.3) is 0 Å². The third-order valence-electron chi connectivity index (χ3n) is 2.41. The van der Waals surface area contributed by atoms with Crippen LogP contribution in [0.5, 0.6) is 0 Å². The Bertz CT molecular complexity index is 409. The van der Waals surface area contributed by atoms with E-state index in [1.807, 2.05) is 30.3 Å². The van der Waals surface area contributed by atoms with Gasteiger partial charge in [0, 0.05) is 5.56 Å². The fourth-order valence-corrected chi connectivity index (χ4v) is 1.67. The lowest BCUT2D eigenvalue weighted by molar-refractivity contribution is -0.138. The van der Waals surface area contributed by atoms with Gasteiger partial charge in [-0.2, -0.15) is 0 Å². The Balaban J connectivity index is 2.16. The maximum absolute atomic E-state index is 11.5. The van der Waals surface area contributed by atoms with E-state index in [9.17, 15) is 4.79 Å². The smallest absolute Gasteiger partial charge is 0.354 e. The van der Waals surface area contributed by atoms with Crippen LogP contribution in [0.3, 0.4) is 0 Å². The second-order valence-corrected chi connectivity index (χ2v) is 4.34. The Hall–Kier alpha value is -1.64. The highest BCUT2D eigenvalue weighted by molar-refractivity contribution is 6.37. The highest BCUT2D eigenvalue weighted by atomic mass is 16.6. The van der Waals surface area contributed by atoms with Crippen molar-refractivity contribution in [2.24, 2.45) is 10.9 Å². The zero-order valence-electron chi connectivity index (χ0n) is 9.51. The lowest BCUT2D eigenvalue weighted by atomic mass is 10.1. The van der Waals surface area contributed by atoms with Gasteiger partial charge >= 0.3 is 5.97 Å². The van der Waals surface area contributed by atoms with E-state index < -0.39 is 6.23 Å². The maximum Gasteiger partial charge on any atom is 0.354 e. The number of hydrogen-bond donors (Lipinski definition) is 0. The standard InChI is InChI=1S/C13H15NO2/c1-9(2)8-11-13(15)16-12(14-11)10-6-4-3-5-7-10/h3-7,9,12H,8H2,1-2H3. The van der Waals surface area contributed by atoms with Crippen molar-refractivity contribution in [1.82, 2.24) is 0 Å². The van der Waals surface area contributed by atoms with Crippen molar-refractivity contribution >= 4 is 11.7 Å². The number of aliphatic imine (C=N–C) groups is 1. The van der Waals surface area contributed by atoms with Gasteiger partial charge in [0.2, 0.25) is 6.23 Å². The summed E-state index contributed by atoms with van der Waals surface area (Å²) in [6, 6.07) is 9.59. The third-order valence-corrected chi connectivity index (χ3v) is 2.41. The number of carbonyl (C=O) groups is 1. The molecule has 1 aromatic carbocycles. The van der Waals surface area contributed by atoms with Crippen molar-refractivity contribution < 1.29 is 9.53 Å². The van der Waals surface area contributed by atoms with Gasteiger partial charge < -0.3 is 4.74 Å². The van der Waals surface area contributed by atoms with Gasteiger partial charge in [-0.3, -0.25) is 0 Å². The molecule has 1 aromatic rings. The lowest BCUT2D eigenvalue weighted by Gasteiger charge is -2.05. The van der Waals surface area contributed by atoms with Crippen molar-refractivity contribution in [3.63, 3.8) is 0 Å². The molecule has 1 aliphatic rings. The predicted molar refractivity (Wildman–Crippen MR) is 62.2 cm³/mol. The molecule has 0 aromatic heterocycles.